The largest absolute Gasteiger partial charge is 0.369 e. The number of imidazole rings is 1. The fraction of sp³-hybridized carbons (Fsp3) is 0.786. The lowest BCUT2D eigenvalue weighted by Crippen LogP contribution is -2.37. The van der Waals surface area contributed by atoms with Gasteiger partial charge in [-0.05, 0) is 26.8 Å². The third-order valence-electron chi connectivity index (χ3n) is 4.28. The Hall–Kier alpha value is -0.910. The first-order valence-electron chi connectivity index (χ1n) is 7.30. The van der Waals surface area contributed by atoms with Crippen molar-refractivity contribution in [1.82, 2.24) is 19.8 Å². The second-order valence-corrected chi connectivity index (χ2v) is 5.78. The molecule has 2 fully saturated rings. The van der Waals surface area contributed by atoms with Gasteiger partial charge in [0.2, 0.25) is 0 Å². The van der Waals surface area contributed by atoms with Crippen LogP contribution in [-0.2, 0) is 11.3 Å². The number of aromatic nitrogens is 2. The molecule has 2 unspecified atom stereocenters. The number of hydrogen-bond donors (Lipinski definition) is 1. The smallest absolute Gasteiger partial charge is 0.111 e. The lowest BCUT2D eigenvalue weighted by atomic mass is 10.2. The Labute approximate surface area is 114 Å². The molecule has 1 aliphatic carbocycles. The van der Waals surface area contributed by atoms with Crippen LogP contribution in [0.15, 0.2) is 12.5 Å². The van der Waals surface area contributed by atoms with Gasteiger partial charge >= 0.3 is 0 Å². The quantitative estimate of drug-likeness (QED) is 0.862. The molecule has 19 heavy (non-hydrogen) atoms. The van der Waals surface area contributed by atoms with Crippen molar-refractivity contribution in [3.05, 3.63) is 18.2 Å². The minimum Gasteiger partial charge on any atom is -0.369 e. The second-order valence-electron chi connectivity index (χ2n) is 5.78. The highest BCUT2D eigenvalue weighted by atomic mass is 16.5. The van der Waals surface area contributed by atoms with Gasteiger partial charge in [-0.2, -0.15) is 0 Å². The Kier molecular flexibility index (Phi) is 3.86. The molecule has 0 spiro atoms. The van der Waals surface area contributed by atoms with Crippen LogP contribution in [0.3, 0.4) is 0 Å². The maximum Gasteiger partial charge on any atom is 0.111 e. The van der Waals surface area contributed by atoms with E-state index in [0.29, 0.717) is 6.04 Å². The lowest BCUT2D eigenvalue weighted by molar-refractivity contribution is 0.0221. The Bertz CT molecular complexity index is 409. The van der Waals surface area contributed by atoms with Crippen LogP contribution in [0.1, 0.15) is 31.6 Å². The zero-order valence-corrected chi connectivity index (χ0v) is 11.9. The standard InChI is InChI=1S/C14H24N4O/c1-11(17(2)12-3-4-12)9-18-10-16-7-13(18)14-8-15-5-6-19-14/h7,10-12,14-15H,3-6,8-9H2,1-2H3. The van der Waals surface area contributed by atoms with Crippen molar-refractivity contribution in [2.75, 3.05) is 26.7 Å². The number of ether oxygens (including phenoxy) is 1. The van der Waals surface area contributed by atoms with Crippen molar-refractivity contribution in [2.45, 2.75) is 44.5 Å². The van der Waals surface area contributed by atoms with E-state index in [2.05, 4.69) is 33.7 Å². The highest BCUT2D eigenvalue weighted by Crippen LogP contribution is 2.27. The van der Waals surface area contributed by atoms with Crippen molar-refractivity contribution in [3.63, 3.8) is 0 Å². The monoisotopic (exact) mass is 264 g/mol. The highest BCUT2D eigenvalue weighted by Gasteiger charge is 2.29. The van der Waals surface area contributed by atoms with E-state index < -0.39 is 0 Å². The van der Waals surface area contributed by atoms with Crippen LogP contribution in [0, 0.1) is 0 Å². The highest BCUT2D eigenvalue weighted by molar-refractivity contribution is 5.05. The van der Waals surface area contributed by atoms with Gasteiger partial charge in [-0.25, -0.2) is 4.98 Å². The van der Waals surface area contributed by atoms with Gasteiger partial charge in [0.15, 0.2) is 0 Å². The average molecular weight is 264 g/mol. The zero-order chi connectivity index (χ0) is 13.2. The van der Waals surface area contributed by atoms with Crippen LogP contribution < -0.4 is 5.32 Å². The summed E-state index contributed by atoms with van der Waals surface area (Å²) in [6.45, 7) is 5.90. The number of nitrogens with zero attached hydrogens (tertiary/aromatic N) is 3. The Morgan fingerprint density at radius 3 is 3.11 bits per heavy atom. The molecule has 2 atom stereocenters. The predicted octanol–water partition coefficient (Wildman–Crippen LogP) is 1.03. The summed E-state index contributed by atoms with van der Waals surface area (Å²) in [5, 5.41) is 3.38. The Balaban J connectivity index is 1.65. The molecule has 1 aromatic rings. The number of morpholine rings is 1. The molecule has 2 heterocycles. The van der Waals surface area contributed by atoms with Gasteiger partial charge in [0.1, 0.15) is 6.10 Å². The van der Waals surface area contributed by atoms with Crippen LogP contribution in [0.25, 0.3) is 0 Å². The fourth-order valence-electron chi connectivity index (χ4n) is 2.76. The van der Waals surface area contributed by atoms with Crippen molar-refractivity contribution in [2.24, 2.45) is 0 Å². The number of rotatable bonds is 5. The molecule has 5 heteroatoms. The van der Waals surface area contributed by atoms with Crippen LogP contribution >= 0.6 is 0 Å². The third-order valence-corrected chi connectivity index (χ3v) is 4.28. The van der Waals surface area contributed by atoms with E-state index in [1.807, 2.05) is 12.5 Å². The van der Waals surface area contributed by atoms with Crippen molar-refractivity contribution in [1.29, 1.82) is 0 Å². The molecule has 1 aromatic heterocycles. The minimum atomic E-state index is 0.148. The van der Waals surface area contributed by atoms with Crippen LogP contribution in [0.4, 0.5) is 0 Å². The summed E-state index contributed by atoms with van der Waals surface area (Å²) in [7, 11) is 2.23. The SMILES string of the molecule is CC(Cn1cncc1C1CNCCO1)N(C)C1CC1. The fourth-order valence-corrected chi connectivity index (χ4v) is 2.76. The topological polar surface area (TPSA) is 42.3 Å². The first-order valence-corrected chi connectivity index (χ1v) is 7.30. The second kappa shape index (κ2) is 5.61. The Morgan fingerprint density at radius 1 is 1.58 bits per heavy atom. The number of likely N-dealkylation sites (N-methyl/N-ethyl adjacent to an activating group) is 1. The molecule has 1 N–H and O–H groups in total. The van der Waals surface area contributed by atoms with Gasteiger partial charge in [0.25, 0.3) is 0 Å². The molecule has 1 saturated carbocycles. The molecule has 1 saturated heterocycles. The summed E-state index contributed by atoms with van der Waals surface area (Å²) in [6, 6.07) is 1.34. The van der Waals surface area contributed by atoms with Crippen molar-refractivity contribution >= 4 is 0 Å². The molecule has 0 bridgehead atoms. The molecule has 5 nitrogen and oxygen atoms in total. The van der Waals surface area contributed by atoms with Crippen molar-refractivity contribution < 1.29 is 4.74 Å². The van der Waals surface area contributed by atoms with Gasteiger partial charge in [-0.1, -0.05) is 0 Å². The van der Waals surface area contributed by atoms with Gasteiger partial charge in [0.05, 0.1) is 24.8 Å². The van der Waals surface area contributed by atoms with E-state index >= 15 is 0 Å². The van der Waals surface area contributed by atoms with Crippen LogP contribution in [0.5, 0.6) is 0 Å². The Morgan fingerprint density at radius 2 is 2.42 bits per heavy atom. The van der Waals surface area contributed by atoms with E-state index in [1.165, 1.54) is 18.5 Å². The summed E-state index contributed by atoms with van der Waals surface area (Å²) >= 11 is 0. The first-order chi connectivity index (χ1) is 9.25. The lowest BCUT2D eigenvalue weighted by Gasteiger charge is -2.28. The van der Waals surface area contributed by atoms with Gasteiger partial charge < -0.3 is 14.6 Å². The van der Waals surface area contributed by atoms with Gasteiger partial charge in [-0.15, -0.1) is 0 Å². The number of hydrogen-bond acceptors (Lipinski definition) is 4. The third kappa shape index (κ3) is 2.99. The predicted molar refractivity (Wildman–Crippen MR) is 74.0 cm³/mol. The molecular formula is C14H24N4O. The van der Waals surface area contributed by atoms with Gasteiger partial charge in [0, 0.05) is 31.7 Å². The molecule has 106 valence electrons. The first kappa shape index (κ1) is 13.1. The summed E-state index contributed by atoms with van der Waals surface area (Å²) in [4.78, 5) is 6.80. The minimum absolute atomic E-state index is 0.148. The molecule has 0 radical (unpaired) electrons. The van der Waals surface area contributed by atoms with E-state index in [0.717, 1.165) is 32.3 Å². The van der Waals surface area contributed by atoms with E-state index in [1.54, 1.807) is 0 Å². The van der Waals surface area contributed by atoms with Crippen LogP contribution in [0.2, 0.25) is 0 Å². The normalized spacial score (nSPS) is 25.7. The maximum atomic E-state index is 5.83. The van der Waals surface area contributed by atoms with Crippen molar-refractivity contribution in [3.8, 4) is 0 Å². The summed E-state index contributed by atoms with van der Waals surface area (Å²) in [5.41, 5.74) is 1.20. The van der Waals surface area contributed by atoms with E-state index in [4.69, 9.17) is 4.74 Å². The zero-order valence-electron chi connectivity index (χ0n) is 11.9. The molecule has 2 aliphatic rings. The van der Waals surface area contributed by atoms with Crippen LogP contribution in [-0.4, -0.2) is 53.3 Å². The molecule has 0 aromatic carbocycles. The maximum absolute atomic E-state index is 5.83. The summed E-state index contributed by atoms with van der Waals surface area (Å²) in [5.74, 6) is 0. The summed E-state index contributed by atoms with van der Waals surface area (Å²) < 4.78 is 8.08. The van der Waals surface area contributed by atoms with Gasteiger partial charge in [-0.3, -0.25) is 4.90 Å². The number of nitrogens with one attached hydrogen (secondary N) is 1. The molecule has 1 aliphatic heterocycles. The van der Waals surface area contributed by atoms with E-state index in [-0.39, 0.29) is 6.10 Å². The average Bonchev–Trinajstić information content (AvgIpc) is 3.19. The summed E-state index contributed by atoms with van der Waals surface area (Å²) in [6.07, 6.45) is 6.74. The molecule has 0 amide bonds. The molecule has 3 rings (SSSR count). The molecular weight excluding hydrogens is 240 g/mol. The van der Waals surface area contributed by atoms with E-state index in [9.17, 15) is 0 Å².